The van der Waals surface area contributed by atoms with Crippen LogP contribution in [0.4, 0.5) is 0 Å². The van der Waals surface area contributed by atoms with Gasteiger partial charge in [-0.05, 0) is 39.7 Å². The molecule has 0 heterocycles. The van der Waals surface area contributed by atoms with Gasteiger partial charge in [-0.3, -0.25) is 4.72 Å². The average molecular weight is 323 g/mol. The molecular weight excluding hydrogens is 309 g/mol. The van der Waals surface area contributed by atoms with E-state index in [1.165, 1.54) is 12.8 Å². The molecule has 0 aromatic carbocycles. The average Bonchev–Trinajstić information content (AvgIpc) is 2.80. The van der Waals surface area contributed by atoms with Crippen LogP contribution in [0.15, 0.2) is 12.2 Å². The van der Waals surface area contributed by atoms with Crippen molar-refractivity contribution < 1.29 is 4.79 Å². The molecule has 2 rings (SSSR count). The Morgan fingerprint density at radius 2 is 2.43 bits per heavy atom. The number of carbonyl (C=O) groups is 1. The second kappa shape index (κ2) is 4.99. The first kappa shape index (κ1) is 11.0. The number of allylic oxidation sites excluding steroid dienone is 2. The number of halogens is 1. The Morgan fingerprint density at radius 3 is 2.93 bits per heavy atom. The lowest BCUT2D eigenvalue weighted by Gasteiger charge is -2.23. The molecule has 0 aromatic heterocycles. The molecule has 0 amide bonds. The number of carbonyl (C=O) groups excluding carboxylic acids is 1. The predicted molar refractivity (Wildman–Crippen MR) is 68.0 cm³/mol. The second-order valence-electron chi connectivity index (χ2n) is 4.17. The fourth-order valence-electron chi connectivity index (χ4n) is 2.74. The van der Waals surface area contributed by atoms with E-state index in [1.54, 1.807) is 9.12 Å². The van der Waals surface area contributed by atoms with Gasteiger partial charge in [0.25, 0.3) is 0 Å². The van der Waals surface area contributed by atoms with Gasteiger partial charge in [0.2, 0.25) is 0 Å². The molecule has 1 N–H and O–H groups in total. The summed E-state index contributed by atoms with van der Waals surface area (Å²) in [7, 11) is 1.57. The summed E-state index contributed by atoms with van der Waals surface area (Å²) in [6.07, 6.45) is 8.28. The zero-order valence-electron chi connectivity index (χ0n) is 7.86. The molecule has 2 aliphatic carbocycles. The van der Waals surface area contributed by atoms with Crippen LogP contribution in [0.1, 0.15) is 12.8 Å². The number of hydrogen-bond acceptors (Lipinski definition) is 3. The Bertz CT molecular complexity index is 246. The van der Waals surface area contributed by atoms with Crippen LogP contribution < -0.4 is 4.72 Å². The van der Waals surface area contributed by atoms with Crippen LogP contribution in [0.25, 0.3) is 0 Å². The molecule has 0 aromatic rings. The Morgan fingerprint density at radius 1 is 1.57 bits per heavy atom. The van der Waals surface area contributed by atoms with E-state index < -0.39 is 0 Å². The molecule has 0 aliphatic heterocycles. The van der Waals surface area contributed by atoms with E-state index in [1.807, 2.05) is 0 Å². The summed E-state index contributed by atoms with van der Waals surface area (Å²) in [6.45, 7) is 0.818. The van der Waals surface area contributed by atoms with Crippen molar-refractivity contribution in [3.8, 4) is 0 Å². The normalized spacial score (nSPS) is 36.2. The van der Waals surface area contributed by atoms with Crippen molar-refractivity contribution in [1.29, 1.82) is 0 Å². The number of fused-ring (bicyclic) bond motifs is 2. The van der Waals surface area contributed by atoms with Gasteiger partial charge in [0.15, 0.2) is 0 Å². The van der Waals surface area contributed by atoms with E-state index in [9.17, 15) is 4.79 Å². The molecular formula is C10H14INOS. The highest BCUT2D eigenvalue weighted by molar-refractivity contribution is 14.2. The Balaban J connectivity index is 1.92. The van der Waals surface area contributed by atoms with Crippen LogP contribution in [-0.2, 0) is 4.79 Å². The van der Waals surface area contributed by atoms with Gasteiger partial charge in [0, 0.05) is 33.7 Å². The van der Waals surface area contributed by atoms with Crippen molar-refractivity contribution >= 4 is 36.6 Å². The van der Waals surface area contributed by atoms with E-state index in [0.29, 0.717) is 11.8 Å². The minimum Gasteiger partial charge on any atom is -0.303 e. The summed E-state index contributed by atoms with van der Waals surface area (Å²) in [5.41, 5.74) is 0. The molecule has 2 nitrogen and oxygen atoms in total. The number of rotatable bonds is 5. The molecule has 0 spiro atoms. The van der Waals surface area contributed by atoms with Crippen LogP contribution in [0.5, 0.6) is 0 Å². The number of aldehydes is 1. The monoisotopic (exact) mass is 323 g/mol. The maximum atomic E-state index is 11.0. The van der Waals surface area contributed by atoms with Gasteiger partial charge in [-0.25, -0.2) is 0 Å². The predicted octanol–water partition coefficient (Wildman–Crippen LogP) is 2.60. The fourth-order valence-corrected chi connectivity index (χ4v) is 3.54. The third-order valence-corrected chi connectivity index (χ3v) is 4.64. The van der Waals surface area contributed by atoms with Gasteiger partial charge in [-0.2, -0.15) is 0 Å². The lowest BCUT2D eigenvalue weighted by atomic mass is 9.83. The summed E-state index contributed by atoms with van der Waals surface area (Å²) in [5.74, 6) is 2.24. The third-order valence-electron chi connectivity index (χ3n) is 3.43. The third kappa shape index (κ3) is 2.17. The maximum absolute atomic E-state index is 11.0. The first-order valence-electron chi connectivity index (χ1n) is 4.99. The molecule has 0 saturated heterocycles. The molecule has 2 aliphatic rings. The van der Waals surface area contributed by atoms with E-state index >= 15 is 0 Å². The minimum atomic E-state index is 0.206. The summed E-state index contributed by atoms with van der Waals surface area (Å²) in [5, 5.41) is 0. The Kier molecular flexibility index (Phi) is 3.90. The van der Waals surface area contributed by atoms with Crippen molar-refractivity contribution in [2.24, 2.45) is 23.7 Å². The van der Waals surface area contributed by atoms with Crippen molar-refractivity contribution in [3.05, 3.63) is 12.2 Å². The summed E-state index contributed by atoms with van der Waals surface area (Å²) in [4.78, 5) is 11.0. The first-order valence-corrected chi connectivity index (χ1v) is 8.35. The quantitative estimate of drug-likeness (QED) is 0.365. The lowest BCUT2D eigenvalue weighted by molar-refractivity contribution is -0.112. The van der Waals surface area contributed by atoms with Gasteiger partial charge in [-0.1, -0.05) is 12.2 Å². The summed E-state index contributed by atoms with van der Waals surface area (Å²) in [6, 6.07) is 0. The van der Waals surface area contributed by atoms with E-state index in [2.05, 4.69) is 38.1 Å². The lowest BCUT2D eigenvalue weighted by Crippen LogP contribution is -2.28. The topological polar surface area (TPSA) is 29.1 Å². The Labute approximate surface area is 101 Å². The highest BCUT2D eigenvalue weighted by atomic mass is 127. The molecule has 1 fully saturated rings. The van der Waals surface area contributed by atoms with Gasteiger partial charge in [0.1, 0.15) is 6.29 Å². The molecule has 78 valence electrons. The van der Waals surface area contributed by atoms with E-state index in [0.717, 1.165) is 18.7 Å². The highest BCUT2D eigenvalue weighted by Gasteiger charge is 2.39. The maximum Gasteiger partial charge on any atom is 0.124 e. The van der Waals surface area contributed by atoms with Gasteiger partial charge >= 0.3 is 0 Å². The van der Waals surface area contributed by atoms with Crippen LogP contribution >= 0.6 is 30.3 Å². The standard InChI is InChI=1S/C10H14INOS/c11-14-12-5-9(6-13)10-4-7-1-2-8(10)3-7/h1-2,6-10,12H,3-5H2. The van der Waals surface area contributed by atoms with Gasteiger partial charge < -0.3 is 4.79 Å². The molecule has 1 saturated carbocycles. The molecule has 2 bridgehead atoms. The zero-order chi connectivity index (χ0) is 9.97. The smallest absolute Gasteiger partial charge is 0.124 e. The summed E-state index contributed by atoms with van der Waals surface area (Å²) >= 11 is 2.20. The SMILES string of the molecule is O=CC(CNSI)C1CC2C=CC1C2. The summed E-state index contributed by atoms with van der Waals surface area (Å²) < 4.78 is 3.18. The van der Waals surface area contributed by atoms with E-state index in [4.69, 9.17) is 0 Å². The largest absolute Gasteiger partial charge is 0.303 e. The number of hydrogen-bond donors (Lipinski definition) is 1. The molecule has 4 heteroatoms. The second-order valence-corrected chi connectivity index (χ2v) is 5.93. The van der Waals surface area contributed by atoms with Gasteiger partial charge in [0.05, 0.1) is 0 Å². The van der Waals surface area contributed by atoms with Crippen LogP contribution in [0, 0.1) is 23.7 Å². The zero-order valence-corrected chi connectivity index (χ0v) is 10.8. The van der Waals surface area contributed by atoms with Crippen molar-refractivity contribution in [2.75, 3.05) is 6.54 Å². The van der Waals surface area contributed by atoms with Crippen molar-refractivity contribution in [1.82, 2.24) is 4.72 Å². The molecule has 4 atom stereocenters. The highest BCUT2D eigenvalue weighted by Crippen LogP contribution is 2.46. The van der Waals surface area contributed by atoms with Crippen LogP contribution in [0.2, 0.25) is 0 Å². The van der Waals surface area contributed by atoms with Crippen LogP contribution in [-0.4, -0.2) is 12.8 Å². The van der Waals surface area contributed by atoms with E-state index in [-0.39, 0.29) is 5.92 Å². The van der Waals surface area contributed by atoms with Crippen LogP contribution in [0.3, 0.4) is 0 Å². The molecule has 14 heavy (non-hydrogen) atoms. The minimum absolute atomic E-state index is 0.206. The van der Waals surface area contributed by atoms with Crippen molar-refractivity contribution in [2.45, 2.75) is 12.8 Å². The van der Waals surface area contributed by atoms with Gasteiger partial charge in [-0.15, -0.1) is 0 Å². The Hall–Kier alpha value is 0.450. The molecule has 4 unspecified atom stereocenters. The molecule has 0 radical (unpaired) electrons. The van der Waals surface area contributed by atoms with Crippen molar-refractivity contribution in [3.63, 3.8) is 0 Å². The fraction of sp³-hybridized carbons (Fsp3) is 0.700. The number of nitrogens with one attached hydrogen (secondary N) is 1. The first-order chi connectivity index (χ1) is 6.85.